The molecule has 0 atom stereocenters. The van der Waals surface area contributed by atoms with Gasteiger partial charge in [-0.05, 0) is 24.3 Å². The Morgan fingerprint density at radius 3 is 2.67 bits per heavy atom. The molecule has 4 rings (SSSR count). The molecule has 3 aromatic heterocycles. The molecule has 0 saturated heterocycles. The van der Waals surface area contributed by atoms with Crippen molar-refractivity contribution in [2.24, 2.45) is 7.05 Å². The summed E-state index contributed by atoms with van der Waals surface area (Å²) in [6.45, 7) is 0. The maximum Gasteiger partial charge on any atom is 0.159 e. The summed E-state index contributed by atoms with van der Waals surface area (Å²) >= 11 is 0. The number of pyridine rings is 2. The number of benzene rings is 1. The smallest absolute Gasteiger partial charge is 0.159 e. The van der Waals surface area contributed by atoms with E-state index in [0.29, 0.717) is 16.9 Å². The van der Waals surface area contributed by atoms with Crippen LogP contribution in [0.2, 0.25) is 0 Å². The minimum absolute atomic E-state index is 0.282. The first-order chi connectivity index (χ1) is 11.6. The maximum absolute atomic E-state index is 14.0. The summed E-state index contributed by atoms with van der Waals surface area (Å²) in [6.07, 6.45) is 5.52. The van der Waals surface area contributed by atoms with Crippen LogP contribution in [0, 0.1) is 5.82 Å². The first-order valence-electron chi connectivity index (χ1n) is 7.63. The van der Waals surface area contributed by atoms with Gasteiger partial charge in [-0.15, -0.1) is 0 Å². The highest BCUT2D eigenvalue weighted by atomic mass is 19.1. The van der Waals surface area contributed by atoms with E-state index in [1.807, 2.05) is 33.2 Å². The molecule has 0 radical (unpaired) electrons. The van der Waals surface area contributed by atoms with E-state index in [2.05, 4.69) is 15.1 Å². The molecule has 0 aliphatic heterocycles. The Morgan fingerprint density at radius 2 is 1.92 bits per heavy atom. The van der Waals surface area contributed by atoms with Gasteiger partial charge in [-0.2, -0.15) is 5.10 Å². The Labute approximate surface area is 139 Å². The molecule has 0 amide bonds. The van der Waals surface area contributed by atoms with Gasteiger partial charge in [0.25, 0.3) is 0 Å². The van der Waals surface area contributed by atoms with Gasteiger partial charge in [0.15, 0.2) is 5.65 Å². The third-order valence-electron chi connectivity index (χ3n) is 4.06. The van der Waals surface area contributed by atoms with Crippen LogP contribution in [-0.2, 0) is 7.05 Å². The first kappa shape index (κ1) is 14.6. The lowest BCUT2D eigenvalue weighted by Crippen LogP contribution is -2.08. The highest BCUT2D eigenvalue weighted by Crippen LogP contribution is 2.24. The van der Waals surface area contributed by atoms with E-state index < -0.39 is 0 Å². The summed E-state index contributed by atoms with van der Waals surface area (Å²) in [5, 5.41) is 5.15. The highest BCUT2D eigenvalue weighted by molar-refractivity contribution is 6.38. The lowest BCUT2D eigenvalue weighted by molar-refractivity contribution is 0.631. The Morgan fingerprint density at radius 1 is 1.08 bits per heavy atom. The maximum atomic E-state index is 14.0. The van der Waals surface area contributed by atoms with Crippen molar-refractivity contribution in [2.75, 3.05) is 0 Å². The lowest BCUT2D eigenvalue weighted by Gasteiger charge is -2.08. The van der Waals surface area contributed by atoms with Crippen LogP contribution in [0.5, 0.6) is 0 Å². The number of hydrogen-bond acceptors (Lipinski definition) is 3. The summed E-state index contributed by atoms with van der Waals surface area (Å²) in [6, 6.07) is 10.6. The molecule has 4 aromatic rings. The molecule has 0 N–H and O–H groups in total. The number of halogens is 1. The van der Waals surface area contributed by atoms with Gasteiger partial charge in [-0.3, -0.25) is 4.68 Å². The van der Waals surface area contributed by atoms with Gasteiger partial charge in [0, 0.05) is 41.5 Å². The van der Waals surface area contributed by atoms with Gasteiger partial charge >= 0.3 is 0 Å². The van der Waals surface area contributed by atoms with Gasteiger partial charge in [0.1, 0.15) is 13.7 Å². The summed E-state index contributed by atoms with van der Waals surface area (Å²) in [4.78, 5) is 9.01. The van der Waals surface area contributed by atoms with Crippen LogP contribution >= 0.6 is 0 Å². The second-order valence-electron chi connectivity index (χ2n) is 5.80. The van der Waals surface area contributed by atoms with E-state index in [4.69, 9.17) is 0 Å². The molecule has 0 aliphatic carbocycles. The molecule has 0 bridgehead atoms. The highest BCUT2D eigenvalue weighted by Gasteiger charge is 2.11. The predicted octanol–water partition coefficient (Wildman–Crippen LogP) is 2.09. The summed E-state index contributed by atoms with van der Waals surface area (Å²) in [5.41, 5.74) is 4.70. The van der Waals surface area contributed by atoms with E-state index in [0.717, 1.165) is 22.0 Å². The largest absolute Gasteiger partial charge is 0.275 e. The summed E-state index contributed by atoms with van der Waals surface area (Å²) in [5.74, 6) is -0.282. The van der Waals surface area contributed by atoms with Crippen LogP contribution < -0.4 is 5.46 Å². The summed E-state index contributed by atoms with van der Waals surface area (Å²) in [7, 11) is 3.87. The van der Waals surface area contributed by atoms with Crippen LogP contribution in [0.25, 0.3) is 33.4 Å². The van der Waals surface area contributed by atoms with Crippen molar-refractivity contribution in [1.82, 2.24) is 19.7 Å². The quantitative estimate of drug-likeness (QED) is 0.532. The van der Waals surface area contributed by atoms with Crippen molar-refractivity contribution in [1.29, 1.82) is 0 Å². The zero-order valence-electron chi connectivity index (χ0n) is 13.4. The molecule has 116 valence electrons. The van der Waals surface area contributed by atoms with Gasteiger partial charge in [0.05, 0.1) is 11.9 Å². The Bertz CT molecular complexity index is 1060. The molecular formula is C18H14BFN4. The number of fused-ring (bicyclic) bond motifs is 1. The van der Waals surface area contributed by atoms with Gasteiger partial charge in [-0.25, -0.2) is 14.4 Å². The number of hydrogen-bond donors (Lipinski definition) is 0. The SMILES string of the molecule is Bc1cc(-c2ccccc2F)nc2ncc(-c3cnn(C)c3)cc12. The minimum Gasteiger partial charge on any atom is -0.275 e. The molecule has 0 spiro atoms. The number of rotatable bonds is 2. The number of aromatic nitrogens is 4. The zero-order chi connectivity index (χ0) is 16.7. The third-order valence-corrected chi connectivity index (χ3v) is 4.06. The zero-order valence-corrected chi connectivity index (χ0v) is 13.4. The molecule has 1 aromatic carbocycles. The van der Waals surface area contributed by atoms with Crippen molar-refractivity contribution < 1.29 is 4.39 Å². The van der Waals surface area contributed by atoms with Crippen LogP contribution in [0.15, 0.2) is 55.0 Å². The van der Waals surface area contributed by atoms with E-state index >= 15 is 0 Å². The average Bonchev–Trinajstić information content (AvgIpc) is 3.01. The van der Waals surface area contributed by atoms with Crippen LogP contribution in [0.3, 0.4) is 0 Å². The molecule has 4 nitrogen and oxygen atoms in total. The monoisotopic (exact) mass is 316 g/mol. The Hall–Kier alpha value is -3.02. The van der Waals surface area contributed by atoms with Crippen LogP contribution in [0.1, 0.15) is 0 Å². The fraction of sp³-hybridized carbons (Fsp3) is 0.0556. The van der Waals surface area contributed by atoms with Crippen LogP contribution in [-0.4, -0.2) is 27.6 Å². The molecule has 0 unspecified atom stereocenters. The second-order valence-corrected chi connectivity index (χ2v) is 5.80. The standard InChI is InChI=1S/C18H14BFN4/c1-24-10-12(9-22-24)11-6-14-15(19)7-17(23-18(14)21-8-11)13-4-2-3-5-16(13)20/h2-10H,19H2,1H3. The number of aryl methyl sites for hydroxylation is 1. The second kappa shape index (κ2) is 5.56. The van der Waals surface area contributed by atoms with Crippen molar-refractivity contribution in [2.45, 2.75) is 0 Å². The lowest BCUT2D eigenvalue weighted by atomic mass is 9.90. The fourth-order valence-corrected chi connectivity index (χ4v) is 2.80. The minimum atomic E-state index is -0.282. The molecule has 0 saturated carbocycles. The summed E-state index contributed by atoms with van der Waals surface area (Å²) < 4.78 is 15.8. The Balaban J connectivity index is 1.87. The molecule has 0 fully saturated rings. The van der Waals surface area contributed by atoms with E-state index in [-0.39, 0.29) is 5.82 Å². The molecule has 24 heavy (non-hydrogen) atoms. The molecule has 0 aliphatic rings. The van der Waals surface area contributed by atoms with Crippen molar-refractivity contribution >= 4 is 24.3 Å². The first-order valence-corrected chi connectivity index (χ1v) is 7.63. The van der Waals surface area contributed by atoms with Crippen molar-refractivity contribution in [3.63, 3.8) is 0 Å². The van der Waals surface area contributed by atoms with Crippen LogP contribution in [0.4, 0.5) is 4.39 Å². The normalized spacial score (nSPS) is 11.1. The molecule has 3 heterocycles. The molecular weight excluding hydrogens is 302 g/mol. The van der Waals surface area contributed by atoms with E-state index in [1.54, 1.807) is 35.3 Å². The number of nitrogens with zero attached hydrogens (tertiary/aromatic N) is 4. The van der Waals surface area contributed by atoms with Crippen molar-refractivity contribution in [3.05, 3.63) is 60.8 Å². The average molecular weight is 316 g/mol. The van der Waals surface area contributed by atoms with Gasteiger partial charge in [0.2, 0.25) is 0 Å². The third kappa shape index (κ3) is 2.46. The van der Waals surface area contributed by atoms with E-state index in [9.17, 15) is 4.39 Å². The van der Waals surface area contributed by atoms with E-state index in [1.165, 1.54) is 6.07 Å². The van der Waals surface area contributed by atoms with Gasteiger partial charge in [-0.1, -0.05) is 17.6 Å². The molecule has 6 heteroatoms. The van der Waals surface area contributed by atoms with Gasteiger partial charge < -0.3 is 0 Å². The fourth-order valence-electron chi connectivity index (χ4n) is 2.80. The predicted molar refractivity (Wildman–Crippen MR) is 95.3 cm³/mol. The Kier molecular flexibility index (Phi) is 3.38. The topological polar surface area (TPSA) is 43.6 Å². The van der Waals surface area contributed by atoms with Crippen molar-refractivity contribution in [3.8, 4) is 22.4 Å².